The Morgan fingerprint density at radius 2 is 2.00 bits per heavy atom. The molecule has 0 aromatic heterocycles. The SMILES string of the molecule is OC1CCNC1C(O)N1CCCC1. The maximum absolute atomic E-state index is 9.92. The summed E-state index contributed by atoms with van der Waals surface area (Å²) in [5.41, 5.74) is 0. The third-order valence-electron chi connectivity index (χ3n) is 3.07. The molecule has 76 valence electrons. The molecular formula is C9H18N2O2. The Morgan fingerprint density at radius 1 is 1.31 bits per heavy atom. The Hall–Kier alpha value is -0.160. The number of hydrogen-bond acceptors (Lipinski definition) is 4. The van der Waals surface area contributed by atoms with E-state index in [1.165, 1.54) is 12.8 Å². The molecule has 4 nitrogen and oxygen atoms in total. The predicted octanol–water partition coefficient (Wildman–Crippen LogP) is -0.877. The van der Waals surface area contributed by atoms with Crippen LogP contribution >= 0.6 is 0 Å². The van der Waals surface area contributed by atoms with Crippen LogP contribution in [0.1, 0.15) is 19.3 Å². The average Bonchev–Trinajstić information content (AvgIpc) is 2.72. The standard InChI is InChI=1S/C9H18N2O2/c12-7-3-4-10-8(7)9(13)11-5-1-2-6-11/h7-10,12-13H,1-6H2. The Kier molecular flexibility index (Phi) is 2.83. The molecule has 0 saturated carbocycles. The van der Waals surface area contributed by atoms with Gasteiger partial charge in [0.2, 0.25) is 0 Å². The highest BCUT2D eigenvalue weighted by Crippen LogP contribution is 2.17. The quantitative estimate of drug-likeness (QED) is 0.524. The number of rotatable bonds is 2. The van der Waals surface area contributed by atoms with Gasteiger partial charge in [-0.25, -0.2) is 0 Å². The molecule has 2 heterocycles. The monoisotopic (exact) mass is 186 g/mol. The third kappa shape index (κ3) is 1.86. The van der Waals surface area contributed by atoms with Crippen LogP contribution in [0.5, 0.6) is 0 Å². The van der Waals surface area contributed by atoms with Crippen LogP contribution in [0.4, 0.5) is 0 Å². The topological polar surface area (TPSA) is 55.7 Å². The van der Waals surface area contributed by atoms with E-state index in [1.54, 1.807) is 0 Å². The molecule has 2 aliphatic heterocycles. The van der Waals surface area contributed by atoms with Crippen molar-refractivity contribution in [3.63, 3.8) is 0 Å². The van der Waals surface area contributed by atoms with Gasteiger partial charge >= 0.3 is 0 Å². The summed E-state index contributed by atoms with van der Waals surface area (Å²) >= 11 is 0. The first kappa shape index (κ1) is 9.40. The lowest BCUT2D eigenvalue weighted by molar-refractivity contribution is -0.0349. The van der Waals surface area contributed by atoms with Crippen LogP contribution in [0, 0.1) is 0 Å². The van der Waals surface area contributed by atoms with Gasteiger partial charge in [-0.05, 0) is 25.8 Å². The van der Waals surface area contributed by atoms with Crippen LogP contribution < -0.4 is 5.32 Å². The Labute approximate surface area is 78.5 Å². The van der Waals surface area contributed by atoms with Crippen molar-refractivity contribution < 1.29 is 10.2 Å². The number of likely N-dealkylation sites (tertiary alicyclic amines) is 1. The van der Waals surface area contributed by atoms with Crippen molar-refractivity contribution in [2.75, 3.05) is 19.6 Å². The third-order valence-corrected chi connectivity index (χ3v) is 3.07. The van der Waals surface area contributed by atoms with E-state index in [1.807, 2.05) is 4.90 Å². The van der Waals surface area contributed by atoms with Gasteiger partial charge in [-0.2, -0.15) is 0 Å². The molecule has 4 heteroatoms. The summed E-state index contributed by atoms with van der Waals surface area (Å²) in [6, 6.07) is -0.141. The van der Waals surface area contributed by atoms with Crippen molar-refractivity contribution in [2.24, 2.45) is 0 Å². The van der Waals surface area contributed by atoms with Gasteiger partial charge in [0.1, 0.15) is 6.23 Å². The van der Waals surface area contributed by atoms with Crippen molar-refractivity contribution in [3.05, 3.63) is 0 Å². The van der Waals surface area contributed by atoms with E-state index in [9.17, 15) is 10.2 Å². The minimum atomic E-state index is -0.500. The molecule has 3 atom stereocenters. The van der Waals surface area contributed by atoms with Crippen LogP contribution in [0.25, 0.3) is 0 Å². The van der Waals surface area contributed by atoms with Crippen molar-refractivity contribution in [1.82, 2.24) is 10.2 Å². The number of aliphatic hydroxyl groups excluding tert-OH is 2. The first-order chi connectivity index (χ1) is 6.29. The molecule has 0 bridgehead atoms. The fourth-order valence-electron chi connectivity index (χ4n) is 2.25. The van der Waals surface area contributed by atoms with Crippen LogP contribution in [-0.2, 0) is 0 Å². The molecular weight excluding hydrogens is 168 g/mol. The molecule has 0 spiro atoms. The molecule has 2 saturated heterocycles. The molecule has 2 aliphatic rings. The molecule has 2 rings (SSSR count). The Morgan fingerprint density at radius 3 is 2.54 bits per heavy atom. The normalized spacial score (nSPS) is 38.3. The van der Waals surface area contributed by atoms with Crippen LogP contribution in [0.3, 0.4) is 0 Å². The zero-order chi connectivity index (χ0) is 9.26. The maximum Gasteiger partial charge on any atom is 0.125 e. The lowest BCUT2D eigenvalue weighted by Gasteiger charge is -2.29. The molecule has 0 amide bonds. The molecule has 0 aromatic rings. The molecule has 0 aromatic carbocycles. The Balaban J connectivity index is 1.91. The minimum absolute atomic E-state index is 0.141. The summed E-state index contributed by atoms with van der Waals surface area (Å²) < 4.78 is 0. The van der Waals surface area contributed by atoms with E-state index >= 15 is 0 Å². The molecule has 3 N–H and O–H groups in total. The highest BCUT2D eigenvalue weighted by molar-refractivity contribution is 4.89. The molecule has 2 fully saturated rings. The second-order valence-corrected chi connectivity index (χ2v) is 3.99. The summed E-state index contributed by atoms with van der Waals surface area (Å²) in [7, 11) is 0. The van der Waals surface area contributed by atoms with Gasteiger partial charge in [0.25, 0.3) is 0 Å². The van der Waals surface area contributed by atoms with Gasteiger partial charge in [-0.1, -0.05) is 0 Å². The smallest absolute Gasteiger partial charge is 0.125 e. The summed E-state index contributed by atoms with van der Waals surface area (Å²) in [6.07, 6.45) is 2.21. The maximum atomic E-state index is 9.92. The van der Waals surface area contributed by atoms with Crippen molar-refractivity contribution >= 4 is 0 Å². The number of aliphatic hydroxyl groups is 2. The lowest BCUT2D eigenvalue weighted by atomic mass is 10.1. The average molecular weight is 186 g/mol. The van der Waals surface area contributed by atoms with E-state index in [2.05, 4.69) is 5.32 Å². The largest absolute Gasteiger partial charge is 0.391 e. The number of nitrogens with zero attached hydrogens (tertiary/aromatic N) is 1. The zero-order valence-electron chi connectivity index (χ0n) is 7.82. The molecule has 0 aliphatic carbocycles. The van der Waals surface area contributed by atoms with Gasteiger partial charge in [0, 0.05) is 13.1 Å². The lowest BCUT2D eigenvalue weighted by Crippen LogP contribution is -2.50. The highest BCUT2D eigenvalue weighted by atomic mass is 16.3. The van der Waals surface area contributed by atoms with Crippen LogP contribution in [0.2, 0.25) is 0 Å². The second-order valence-electron chi connectivity index (χ2n) is 3.99. The van der Waals surface area contributed by atoms with Crippen LogP contribution in [0.15, 0.2) is 0 Å². The fourth-order valence-corrected chi connectivity index (χ4v) is 2.25. The van der Waals surface area contributed by atoms with E-state index in [4.69, 9.17) is 0 Å². The summed E-state index contributed by atoms with van der Waals surface area (Å²) in [5.74, 6) is 0. The highest BCUT2D eigenvalue weighted by Gasteiger charge is 2.35. The zero-order valence-corrected chi connectivity index (χ0v) is 7.82. The first-order valence-corrected chi connectivity index (χ1v) is 5.12. The van der Waals surface area contributed by atoms with Gasteiger partial charge in [-0.15, -0.1) is 0 Å². The van der Waals surface area contributed by atoms with E-state index in [-0.39, 0.29) is 12.1 Å². The van der Waals surface area contributed by atoms with E-state index in [0.29, 0.717) is 0 Å². The summed E-state index contributed by atoms with van der Waals surface area (Å²) in [5, 5.41) is 22.6. The van der Waals surface area contributed by atoms with Crippen molar-refractivity contribution in [3.8, 4) is 0 Å². The van der Waals surface area contributed by atoms with Gasteiger partial charge in [0.15, 0.2) is 0 Å². The predicted molar refractivity (Wildman–Crippen MR) is 49.2 cm³/mol. The molecule has 13 heavy (non-hydrogen) atoms. The van der Waals surface area contributed by atoms with E-state index < -0.39 is 6.23 Å². The van der Waals surface area contributed by atoms with Gasteiger partial charge in [0.05, 0.1) is 12.1 Å². The summed E-state index contributed by atoms with van der Waals surface area (Å²) in [6.45, 7) is 2.74. The Bertz CT molecular complexity index is 171. The minimum Gasteiger partial charge on any atom is -0.391 e. The van der Waals surface area contributed by atoms with Crippen molar-refractivity contribution in [1.29, 1.82) is 0 Å². The molecule has 0 radical (unpaired) electrons. The van der Waals surface area contributed by atoms with Crippen molar-refractivity contribution in [2.45, 2.75) is 37.6 Å². The van der Waals surface area contributed by atoms with Gasteiger partial charge in [-0.3, -0.25) is 4.90 Å². The number of hydrogen-bond donors (Lipinski definition) is 3. The summed E-state index contributed by atoms with van der Waals surface area (Å²) in [4.78, 5) is 2.05. The van der Waals surface area contributed by atoms with Gasteiger partial charge < -0.3 is 15.5 Å². The second kappa shape index (κ2) is 3.92. The fraction of sp³-hybridized carbons (Fsp3) is 1.00. The first-order valence-electron chi connectivity index (χ1n) is 5.12. The molecule has 3 unspecified atom stereocenters. The van der Waals surface area contributed by atoms with Crippen LogP contribution in [-0.4, -0.2) is 53.1 Å². The van der Waals surface area contributed by atoms with E-state index in [0.717, 1.165) is 26.1 Å². The number of nitrogens with one attached hydrogen (secondary N) is 1.